The number of rotatable bonds is 2. The summed E-state index contributed by atoms with van der Waals surface area (Å²) in [6.07, 6.45) is 2.55. The molecule has 0 aliphatic heterocycles. The summed E-state index contributed by atoms with van der Waals surface area (Å²) in [6, 6.07) is 3.86. The molecule has 3 heteroatoms. The SMILES string of the molecule is Cc1ccc(Cl)c2c(CCN)coc12. The van der Waals surface area contributed by atoms with Crippen LogP contribution in [0.1, 0.15) is 11.1 Å². The highest BCUT2D eigenvalue weighted by Gasteiger charge is 2.10. The number of halogens is 1. The number of fused-ring (bicyclic) bond motifs is 1. The molecule has 0 saturated heterocycles. The maximum atomic E-state index is 6.11. The molecular weight excluding hydrogens is 198 g/mol. The van der Waals surface area contributed by atoms with Gasteiger partial charge in [0.05, 0.1) is 11.3 Å². The summed E-state index contributed by atoms with van der Waals surface area (Å²) in [7, 11) is 0. The van der Waals surface area contributed by atoms with Crippen LogP contribution in [-0.4, -0.2) is 6.54 Å². The zero-order valence-electron chi connectivity index (χ0n) is 8.01. The first-order valence-corrected chi connectivity index (χ1v) is 4.97. The summed E-state index contributed by atoms with van der Waals surface area (Å²) in [5.74, 6) is 0. The van der Waals surface area contributed by atoms with E-state index in [0.717, 1.165) is 33.5 Å². The van der Waals surface area contributed by atoms with Crippen LogP contribution in [0.4, 0.5) is 0 Å². The highest BCUT2D eigenvalue weighted by atomic mass is 35.5. The van der Waals surface area contributed by atoms with Gasteiger partial charge in [-0.25, -0.2) is 0 Å². The van der Waals surface area contributed by atoms with Crippen LogP contribution in [0.3, 0.4) is 0 Å². The standard InChI is InChI=1S/C11H12ClNO/c1-7-2-3-9(12)10-8(4-5-13)6-14-11(7)10/h2-3,6H,4-5,13H2,1H3. The first-order valence-electron chi connectivity index (χ1n) is 4.59. The van der Waals surface area contributed by atoms with E-state index in [-0.39, 0.29) is 0 Å². The molecule has 74 valence electrons. The zero-order chi connectivity index (χ0) is 10.1. The Labute approximate surface area is 87.6 Å². The monoisotopic (exact) mass is 209 g/mol. The molecule has 2 aromatic rings. The molecule has 0 aliphatic carbocycles. The van der Waals surface area contributed by atoms with E-state index in [1.807, 2.05) is 19.1 Å². The largest absolute Gasteiger partial charge is 0.464 e. The second kappa shape index (κ2) is 3.64. The zero-order valence-corrected chi connectivity index (χ0v) is 8.77. The summed E-state index contributed by atoms with van der Waals surface area (Å²) >= 11 is 6.11. The van der Waals surface area contributed by atoms with Gasteiger partial charge in [0, 0.05) is 10.9 Å². The molecule has 2 rings (SSSR count). The van der Waals surface area contributed by atoms with E-state index in [1.54, 1.807) is 6.26 Å². The Hall–Kier alpha value is -0.990. The van der Waals surface area contributed by atoms with Gasteiger partial charge in [-0.05, 0) is 31.5 Å². The summed E-state index contributed by atoms with van der Waals surface area (Å²) in [5.41, 5.74) is 8.59. The second-order valence-corrected chi connectivity index (χ2v) is 3.78. The van der Waals surface area contributed by atoms with Gasteiger partial charge in [-0.1, -0.05) is 17.7 Å². The number of hydrogen-bond acceptors (Lipinski definition) is 2. The third-order valence-corrected chi connectivity index (χ3v) is 2.67. The summed E-state index contributed by atoms with van der Waals surface area (Å²) < 4.78 is 5.47. The van der Waals surface area contributed by atoms with E-state index in [9.17, 15) is 0 Å². The lowest BCUT2D eigenvalue weighted by Crippen LogP contribution is -2.01. The lowest BCUT2D eigenvalue weighted by Gasteiger charge is -1.99. The molecule has 0 amide bonds. The molecule has 0 spiro atoms. The van der Waals surface area contributed by atoms with Gasteiger partial charge in [-0.15, -0.1) is 0 Å². The molecule has 0 unspecified atom stereocenters. The van der Waals surface area contributed by atoms with Gasteiger partial charge in [0.15, 0.2) is 0 Å². The van der Waals surface area contributed by atoms with E-state index < -0.39 is 0 Å². The van der Waals surface area contributed by atoms with E-state index in [0.29, 0.717) is 6.54 Å². The smallest absolute Gasteiger partial charge is 0.138 e. The Morgan fingerprint density at radius 2 is 2.21 bits per heavy atom. The lowest BCUT2D eigenvalue weighted by molar-refractivity contribution is 0.608. The fraction of sp³-hybridized carbons (Fsp3) is 0.273. The second-order valence-electron chi connectivity index (χ2n) is 3.37. The van der Waals surface area contributed by atoms with Gasteiger partial charge in [-0.3, -0.25) is 0 Å². The average molecular weight is 210 g/mol. The van der Waals surface area contributed by atoms with E-state index >= 15 is 0 Å². The van der Waals surface area contributed by atoms with Crippen molar-refractivity contribution < 1.29 is 4.42 Å². The maximum Gasteiger partial charge on any atom is 0.138 e. The van der Waals surface area contributed by atoms with E-state index in [1.165, 1.54) is 0 Å². The van der Waals surface area contributed by atoms with Crippen LogP contribution in [-0.2, 0) is 6.42 Å². The van der Waals surface area contributed by atoms with E-state index in [4.69, 9.17) is 21.8 Å². The van der Waals surface area contributed by atoms with Gasteiger partial charge in [0.1, 0.15) is 5.58 Å². The number of furan rings is 1. The molecule has 0 aliphatic rings. The molecule has 0 radical (unpaired) electrons. The van der Waals surface area contributed by atoms with Crippen molar-refractivity contribution in [1.29, 1.82) is 0 Å². The van der Waals surface area contributed by atoms with Crippen molar-refractivity contribution in [1.82, 2.24) is 0 Å². The first-order chi connectivity index (χ1) is 6.74. The Kier molecular flexibility index (Phi) is 2.48. The molecule has 14 heavy (non-hydrogen) atoms. The molecule has 2 N–H and O–H groups in total. The van der Waals surface area contributed by atoms with Crippen molar-refractivity contribution in [2.75, 3.05) is 6.54 Å². The van der Waals surface area contributed by atoms with Crippen molar-refractivity contribution in [2.24, 2.45) is 5.73 Å². The van der Waals surface area contributed by atoms with Crippen LogP contribution in [0.2, 0.25) is 5.02 Å². The Bertz CT molecular complexity index is 462. The van der Waals surface area contributed by atoms with Crippen LogP contribution in [0.15, 0.2) is 22.8 Å². The van der Waals surface area contributed by atoms with Crippen LogP contribution in [0.5, 0.6) is 0 Å². The minimum atomic E-state index is 0.610. The molecule has 0 atom stereocenters. The highest BCUT2D eigenvalue weighted by Crippen LogP contribution is 2.31. The summed E-state index contributed by atoms with van der Waals surface area (Å²) in [6.45, 7) is 2.62. The molecule has 2 nitrogen and oxygen atoms in total. The Morgan fingerprint density at radius 1 is 1.43 bits per heavy atom. The van der Waals surface area contributed by atoms with Crippen molar-refractivity contribution in [2.45, 2.75) is 13.3 Å². The fourth-order valence-electron chi connectivity index (χ4n) is 1.64. The van der Waals surface area contributed by atoms with Gasteiger partial charge in [0.25, 0.3) is 0 Å². The quantitative estimate of drug-likeness (QED) is 0.826. The number of nitrogens with two attached hydrogens (primary N) is 1. The molecule has 0 bridgehead atoms. The molecule has 1 aromatic heterocycles. The van der Waals surface area contributed by atoms with E-state index in [2.05, 4.69) is 0 Å². The highest BCUT2D eigenvalue weighted by molar-refractivity contribution is 6.35. The van der Waals surface area contributed by atoms with Crippen LogP contribution >= 0.6 is 11.6 Å². The summed E-state index contributed by atoms with van der Waals surface area (Å²) in [5, 5.41) is 1.75. The topological polar surface area (TPSA) is 39.2 Å². The van der Waals surface area contributed by atoms with Crippen molar-refractivity contribution >= 4 is 22.6 Å². The van der Waals surface area contributed by atoms with Crippen LogP contribution in [0, 0.1) is 6.92 Å². The van der Waals surface area contributed by atoms with Crippen LogP contribution in [0.25, 0.3) is 11.0 Å². The summed E-state index contributed by atoms with van der Waals surface area (Å²) in [4.78, 5) is 0. The number of hydrogen-bond donors (Lipinski definition) is 1. The Balaban J connectivity index is 2.70. The van der Waals surface area contributed by atoms with Crippen LogP contribution < -0.4 is 5.73 Å². The van der Waals surface area contributed by atoms with Gasteiger partial charge in [0.2, 0.25) is 0 Å². The minimum Gasteiger partial charge on any atom is -0.464 e. The third-order valence-electron chi connectivity index (χ3n) is 2.36. The molecule has 1 aromatic carbocycles. The normalized spacial score (nSPS) is 11.1. The van der Waals surface area contributed by atoms with Gasteiger partial charge in [-0.2, -0.15) is 0 Å². The number of benzene rings is 1. The first kappa shape index (κ1) is 9.56. The predicted octanol–water partition coefficient (Wildman–Crippen LogP) is 2.90. The Morgan fingerprint density at radius 3 is 2.93 bits per heavy atom. The van der Waals surface area contributed by atoms with Crippen molar-refractivity contribution in [3.05, 3.63) is 34.5 Å². The van der Waals surface area contributed by atoms with Gasteiger partial charge < -0.3 is 10.2 Å². The molecule has 0 fully saturated rings. The minimum absolute atomic E-state index is 0.610. The average Bonchev–Trinajstić information content (AvgIpc) is 2.58. The third kappa shape index (κ3) is 1.41. The predicted molar refractivity (Wildman–Crippen MR) is 58.7 cm³/mol. The lowest BCUT2D eigenvalue weighted by atomic mass is 10.1. The van der Waals surface area contributed by atoms with Crippen molar-refractivity contribution in [3.8, 4) is 0 Å². The number of aryl methyl sites for hydroxylation is 1. The molecular formula is C11H12ClNO. The van der Waals surface area contributed by atoms with Gasteiger partial charge >= 0.3 is 0 Å². The maximum absolute atomic E-state index is 6.11. The van der Waals surface area contributed by atoms with Crippen molar-refractivity contribution in [3.63, 3.8) is 0 Å². The molecule has 0 saturated carbocycles. The molecule has 1 heterocycles. The fourth-order valence-corrected chi connectivity index (χ4v) is 1.91.